The molecule has 0 spiro atoms. The molecule has 0 aromatic carbocycles. The molecule has 1 aromatic rings. The highest BCUT2D eigenvalue weighted by molar-refractivity contribution is 5.14. The number of piperidine rings is 1. The molecule has 3 rings (SSSR count). The van der Waals surface area contributed by atoms with Crippen LogP contribution in [0.25, 0.3) is 0 Å². The highest BCUT2D eigenvalue weighted by Gasteiger charge is 2.43. The smallest absolute Gasteiger partial charge is 0.226 e. The van der Waals surface area contributed by atoms with Gasteiger partial charge in [-0.1, -0.05) is 12.1 Å². The van der Waals surface area contributed by atoms with E-state index in [4.69, 9.17) is 4.52 Å². The molecule has 1 saturated heterocycles. The van der Waals surface area contributed by atoms with Crippen LogP contribution in [0.1, 0.15) is 50.7 Å². The lowest BCUT2D eigenvalue weighted by Gasteiger charge is -2.21. The van der Waals surface area contributed by atoms with E-state index in [9.17, 15) is 0 Å². The lowest BCUT2D eigenvalue weighted by atomic mass is 9.93. The Kier molecular flexibility index (Phi) is 2.90. The Morgan fingerprint density at radius 2 is 2.12 bits per heavy atom. The fraction of sp³-hybridized carbons (Fsp3) is 0.846. The zero-order valence-corrected chi connectivity index (χ0v) is 10.5. The summed E-state index contributed by atoms with van der Waals surface area (Å²) in [6, 6.07) is 0. The summed E-state index contributed by atoms with van der Waals surface area (Å²) in [6.45, 7) is 4.55. The largest absolute Gasteiger partial charge is 0.339 e. The van der Waals surface area contributed by atoms with E-state index in [0.717, 1.165) is 37.1 Å². The number of hydrogen-bond acceptors (Lipinski definition) is 4. The van der Waals surface area contributed by atoms with Crippen LogP contribution in [0.2, 0.25) is 0 Å². The topological polar surface area (TPSA) is 51.0 Å². The van der Waals surface area contributed by atoms with Crippen molar-refractivity contribution in [3.05, 3.63) is 11.7 Å². The van der Waals surface area contributed by atoms with Gasteiger partial charge in [0, 0.05) is 11.8 Å². The Hall–Kier alpha value is -0.900. The van der Waals surface area contributed by atoms with Gasteiger partial charge < -0.3 is 9.84 Å². The monoisotopic (exact) mass is 235 g/mol. The van der Waals surface area contributed by atoms with Gasteiger partial charge in [-0.15, -0.1) is 0 Å². The first-order valence-electron chi connectivity index (χ1n) is 6.80. The molecule has 2 fully saturated rings. The SMILES string of the molecule is CC1(c2noc(CCC3CCNCC3)n2)CC1. The van der Waals surface area contributed by atoms with Crippen molar-refractivity contribution < 1.29 is 4.52 Å². The summed E-state index contributed by atoms with van der Waals surface area (Å²) in [5.74, 6) is 2.60. The van der Waals surface area contributed by atoms with Crippen LogP contribution >= 0.6 is 0 Å². The zero-order chi connectivity index (χ0) is 11.7. The number of aryl methyl sites for hydroxylation is 1. The third-order valence-electron chi connectivity index (χ3n) is 4.23. The summed E-state index contributed by atoms with van der Waals surface area (Å²) < 4.78 is 5.35. The second-order valence-electron chi connectivity index (χ2n) is 5.80. The van der Waals surface area contributed by atoms with Gasteiger partial charge >= 0.3 is 0 Å². The molecule has 0 amide bonds. The Morgan fingerprint density at radius 3 is 2.82 bits per heavy atom. The lowest BCUT2D eigenvalue weighted by Crippen LogP contribution is -2.27. The summed E-state index contributed by atoms with van der Waals surface area (Å²) >= 11 is 0. The van der Waals surface area contributed by atoms with Gasteiger partial charge in [0.25, 0.3) is 0 Å². The molecular formula is C13H21N3O. The molecule has 2 aliphatic rings. The van der Waals surface area contributed by atoms with Crippen molar-refractivity contribution >= 4 is 0 Å². The third kappa shape index (κ3) is 2.51. The Morgan fingerprint density at radius 1 is 1.35 bits per heavy atom. The van der Waals surface area contributed by atoms with Crippen molar-refractivity contribution in [2.75, 3.05) is 13.1 Å². The molecule has 1 aliphatic carbocycles. The lowest BCUT2D eigenvalue weighted by molar-refractivity contribution is 0.322. The molecule has 1 aromatic heterocycles. The van der Waals surface area contributed by atoms with Crippen molar-refractivity contribution in [1.82, 2.24) is 15.5 Å². The molecule has 0 radical (unpaired) electrons. The van der Waals surface area contributed by atoms with Crippen molar-refractivity contribution in [1.29, 1.82) is 0 Å². The molecule has 4 heteroatoms. The first-order valence-corrected chi connectivity index (χ1v) is 6.80. The van der Waals surface area contributed by atoms with E-state index in [2.05, 4.69) is 22.4 Å². The van der Waals surface area contributed by atoms with E-state index in [1.165, 1.54) is 32.1 Å². The van der Waals surface area contributed by atoms with Gasteiger partial charge in [-0.25, -0.2) is 0 Å². The number of aromatic nitrogens is 2. The fourth-order valence-corrected chi connectivity index (χ4v) is 2.51. The molecule has 0 bridgehead atoms. The Labute approximate surface area is 102 Å². The van der Waals surface area contributed by atoms with Crippen LogP contribution in [0, 0.1) is 5.92 Å². The maximum atomic E-state index is 5.35. The van der Waals surface area contributed by atoms with Crippen LogP contribution in [-0.4, -0.2) is 23.2 Å². The molecular weight excluding hydrogens is 214 g/mol. The van der Waals surface area contributed by atoms with E-state index in [1.807, 2.05) is 0 Å². The predicted molar refractivity (Wildman–Crippen MR) is 64.8 cm³/mol. The van der Waals surface area contributed by atoms with Gasteiger partial charge in [-0.05, 0) is 51.1 Å². The van der Waals surface area contributed by atoms with E-state index in [1.54, 1.807) is 0 Å². The Bertz CT molecular complexity index is 378. The standard InChI is InChI=1S/C13H21N3O/c1-13(6-7-13)12-15-11(17-16-12)3-2-10-4-8-14-9-5-10/h10,14H,2-9H2,1H3. The Balaban J connectivity index is 1.52. The first kappa shape index (κ1) is 11.2. The number of rotatable bonds is 4. The highest BCUT2D eigenvalue weighted by Crippen LogP contribution is 2.45. The van der Waals surface area contributed by atoms with Crippen molar-refractivity contribution in [2.24, 2.45) is 5.92 Å². The van der Waals surface area contributed by atoms with Gasteiger partial charge in [0.15, 0.2) is 5.82 Å². The summed E-state index contributed by atoms with van der Waals surface area (Å²) in [4.78, 5) is 4.54. The molecule has 1 saturated carbocycles. The fourth-order valence-electron chi connectivity index (χ4n) is 2.51. The minimum absolute atomic E-state index is 0.233. The number of nitrogens with zero attached hydrogens (tertiary/aromatic N) is 2. The summed E-state index contributed by atoms with van der Waals surface area (Å²) in [6.07, 6.45) is 7.14. The van der Waals surface area contributed by atoms with Crippen molar-refractivity contribution in [3.8, 4) is 0 Å². The summed E-state index contributed by atoms with van der Waals surface area (Å²) in [5.41, 5.74) is 0.233. The predicted octanol–water partition coefficient (Wildman–Crippen LogP) is 2.05. The van der Waals surface area contributed by atoms with E-state index in [-0.39, 0.29) is 5.41 Å². The maximum absolute atomic E-state index is 5.35. The molecule has 4 nitrogen and oxygen atoms in total. The second kappa shape index (κ2) is 4.41. The van der Waals surface area contributed by atoms with Crippen LogP contribution in [0.15, 0.2) is 4.52 Å². The average Bonchev–Trinajstić information content (AvgIpc) is 2.94. The van der Waals surface area contributed by atoms with Crippen LogP contribution in [0.5, 0.6) is 0 Å². The van der Waals surface area contributed by atoms with Crippen LogP contribution in [-0.2, 0) is 11.8 Å². The van der Waals surface area contributed by atoms with E-state index in [0.29, 0.717) is 0 Å². The molecule has 1 aliphatic heterocycles. The van der Waals surface area contributed by atoms with Gasteiger partial charge in [-0.3, -0.25) is 0 Å². The van der Waals surface area contributed by atoms with Crippen LogP contribution < -0.4 is 5.32 Å². The van der Waals surface area contributed by atoms with E-state index >= 15 is 0 Å². The highest BCUT2D eigenvalue weighted by atomic mass is 16.5. The maximum Gasteiger partial charge on any atom is 0.226 e. The normalized spacial score (nSPS) is 23.8. The number of nitrogens with one attached hydrogen (secondary N) is 1. The molecule has 94 valence electrons. The van der Waals surface area contributed by atoms with Gasteiger partial charge in [0.05, 0.1) is 0 Å². The first-order chi connectivity index (χ1) is 8.26. The molecule has 0 unspecified atom stereocenters. The van der Waals surface area contributed by atoms with Gasteiger partial charge in [-0.2, -0.15) is 4.98 Å². The molecule has 2 heterocycles. The summed E-state index contributed by atoms with van der Waals surface area (Å²) in [7, 11) is 0. The van der Waals surface area contributed by atoms with Crippen molar-refractivity contribution in [3.63, 3.8) is 0 Å². The molecule has 17 heavy (non-hydrogen) atoms. The van der Waals surface area contributed by atoms with E-state index < -0.39 is 0 Å². The van der Waals surface area contributed by atoms with Crippen LogP contribution in [0.4, 0.5) is 0 Å². The van der Waals surface area contributed by atoms with Crippen molar-refractivity contribution in [2.45, 2.75) is 50.9 Å². The molecule has 1 N–H and O–H groups in total. The quantitative estimate of drug-likeness (QED) is 0.867. The zero-order valence-electron chi connectivity index (χ0n) is 10.5. The molecule has 0 atom stereocenters. The second-order valence-corrected chi connectivity index (χ2v) is 5.80. The van der Waals surface area contributed by atoms with Crippen LogP contribution in [0.3, 0.4) is 0 Å². The minimum Gasteiger partial charge on any atom is -0.339 e. The third-order valence-corrected chi connectivity index (χ3v) is 4.23. The number of hydrogen-bond donors (Lipinski definition) is 1. The average molecular weight is 235 g/mol. The van der Waals surface area contributed by atoms with Gasteiger partial charge in [0.1, 0.15) is 0 Å². The summed E-state index contributed by atoms with van der Waals surface area (Å²) in [5, 5.41) is 7.51. The van der Waals surface area contributed by atoms with Gasteiger partial charge in [0.2, 0.25) is 5.89 Å². The minimum atomic E-state index is 0.233.